The number of nitrogens with one attached hydrogen (secondary N) is 1. The van der Waals surface area contributed by atoms with Crippen LogP contribution in [-0.2, 0) is 11.3 Å². The van der Waals surface area contributed by atoms with Crippen LogP contribution in [0.25, 0.3) is 0 Å². The average molecular weight is 185 g/mol. The van der Waals surface area contributed by atoms with Gasteiger partial charge in [-0.25, -0.2) is 0 Å². The zero-order valence-corrected chi connectivity index (χ0v) is 7.69. The Morgan fingerprint density at radius 3 is 3.15 bits per heavy atom. The van der Waals surface area contributed by atoms with Crippen molar-refractivity contribution in [2.45, 2.75) is 12.7 Å². The van der Waals surface area contributed by atoms with Crippen molar-refractivity contribution >= 4 is 0 Å². The Balaban J connectivity index is 2.07. The van der Waals surface area contributed by atoms with Gasteiger partial charge >= 0.3 is 0 Å². The molecule has 2 N–H and O–H groups in total. The van der Waals surface area contributed by atoms with Crippen molar-refractivity contribution in [3.05, 3.63) is 24.2 Å². The van der Waals surface area contributed by atoms with E-state index >= 15 is 0 Å². The van der Waals surface area contributed by atoms with E-state index in [2.05, 4.69) is 5.32 Å². The number of furan rings is 1. The van der Waals surface area contributed by atoms with Gasteiger partial charge in [0.2, 0.25) is 0 Å². The molecule has 0 bridgehead atoms. The minimum atomic E-state index is -0.458. The molecule has 1 heterocycles. The predicted octanol–water partition coefficient (Wildman–Crippen LogP) is 0.376. The molecule has 1 aromatic rings. The third-order valence-electron chi connectivity index (χ3n) is 1.57. The second-order valence-electron chi connectivity index (χ2n) is 2.81. The van der Waals surface area contributed by atoms with E-state index < -0.39 is 6.10 Å². The predicted molar refractivity (Wildman–Crippen MR) is 48.3 cm³/mol. The van der Waals surface area contributed by atoms with Crippen molar-refractivity contribution in [1.29, 1.82) is 0 Å². The quantitative estimate of drug-likeness (QED) is 0.672. The van der Waals surface area contributed by atoms with Gasteiger partial charge in [-0.3, -0.25) is 0 Å². The highest BCUT2D eigenvalue weighted by atomic mass is 16.5. The van der Waals surface area contributed by atoms with Crippen molar-refractivity contribution in [2.75, 3.05) is 20.2 Å². The summed E-state index contributed by atoms with van der Waals surface area (Å²) in [6.07, 6.45) is 1.14. The lowest BCUT2D eigenvalue weighted by Gasteiger charge is -2.09. The molecule has 0 saturated heterocycles. The standard InChI is InChI=1S/C9H15NO3/c1-10-5-8(11)6-12-7-9-3-2-4-13-9/h2-4,8,10-11H,5-7H2,1H3/t8-/m0/s1. The van der Waals surface area contributed by atoms with Crippen LogP contribution in [-0.4, -0.2) is 31.4 Å². The van der Waals surface area contributed by atoms with E-state index in [4.69, 9.17) is 9.15 Å². The summed E-state index contributed by atoms with van der Waals surface area (Å²) in [5.41, 5.74) is 0. The van der Waals surface area contributed by atoms with Gasteiger partial charge in [0, 0.05) is 6.54 Å². The molecule has 0 spiro atoms. The number of rotatable bonds is 6. The molecule has 13 heavy (non-hydrogen) atoms. The Hall–Kier alpha value is -0.840. The van der Waals surface area contributed by atoms with Crippen LogP contribution in [0.3, 0.4) is 0 Å². The largest absolute Gasteiger partial charge is 0.467 e. The Morgan fingerprint density at radius 1 is 1.69 bits per heavy atom. The van der Waals surface area contributed by atoms with Gasteiger partial charge in [-0.1, -0.05) is 0 Å². The molecule has 0 radical (unpaired) electrons. The zero-order chi connectivity index (χ0) is 9.52. The summed E-state index contributed by atoms with van der Waals surface area (Å²) in [4.78, 5) is 0. The molecule has 1 atom stereocenters. The second-order valence-corrected chi connectivity index (χ2v) is 2.81. The number of hydrogen-bond donors (Lipinski definition) is 2. The summed E-state index contributed by atoms with van der Waals surface area (Å²) in [7, 11) is 1.79. The summed E-state index contributed by atoms with van der Waals surface area (Å²) in [5, 5.41) is 12.1. The van der Waals surface area contributed by atoms with Gasteiger partial charge in [-0.05, 0) is 19.2 Å². The van der Waals surface area contributed by atoms with Crippen molar-refractivity contribution in [2.24, 2.45) is 0 Å². The van der Waals surface area contributed by atoms with Gasteiger partial charge in [0.25, 0.3) is 0 Å². The Labute approximate surface area is 77.5 Å². The molecule has 0 unspecified atom stereocenters. The maximum atomic E-state index is 9.26. The number of aliphatic hydroxyl groups excluding tert-OH is 1. The smallest absolute Gasteiger partial charge is 0.129 e. The first-order chi connectivity index (χ1) is 6.33. The molecule has 0 aromatic carbocycles. The van der Waals surface area contributed by atoms with Crippen molar-refractivity contribution in [3.63, 3.8) is 0 Å². The SMILES string of the molecule is CNC[C@H](O)COCc1ccco1. The molecule has 0 aliphatic carbocycles. The van der Waals surface area contributed by atoms with Crippen molar-refractivity contribution in [1.82, 2.24) is 5.32 Å². The van der Waals surface area contributed by atoms with E-state index in [1.807, 2.05) is 12.1 Å². The van der Waals surface area contributed by atoms with Crippen molar-refractivity contribution < 1.29 is 14.3 Å². The number of hydrogen-bond acceptors (Lipinski definition) is 4. The van der Waals surface area contributed by atoms with E-state index in [-0.39, 0.29) is 0 Å². The molecule has 74 valence electrons. The third kappa shape index (κ3) is 4.07. The van der Waals surface area contributed by atoms with Gasteiger partial charge in [-0.2, -0.15) is 0 Å². The van der Waals surface area contributed by atoms with Gasteiger partial charge in [0.15, 0.2) is 0 Å². The van der Waals surface area contributed by atoms with Crippen LogP contribution in [0, 0.1) is 0 Å². The number of likely N-dealkylation sites (N-methyl/N-ethyl adjacent to an activating group) is 1. The van der Waals surface area contributed by atoms with E-state index in [1.54, 1.807) is 13.3 Å². The van der Waals surface area contributed by atoms with E-state index in [0.717, 1.165) is 5.76 Å². The first kappa shape index (κ1) is 10.2. The molecule has 0 aliphatic heterocycles. The fourth-order valence-electron chi connectivity index (χ4n) is 0.985. The normalized spacial score (nSPS) is 13.1. The van der Waals surface area contributed by atoms with E-state index in [1.165, 1.54) is 0 Å². The highest BCUT2D eigenvalue weighted by Crippen LogP contribution is 2.01. The summed E-state index contributed by atoms with van der Waals surface area (Å²) in [5.74, 6) is 0.775. The molecule has 0 amide bonds. The third-order valence-corrected chi connectivity index (χ3v) is 1.57. The number of ether oxygens (including phenoxy) is 1. The van der Waals surface area contributed by atoms with Crippen LogP contribution in [0.5, 0.6) is 0 Å². The molecule has 0 saturated carbocycles. The molecule has 0 fully saturated rings. The summed E-state index contributed by atoms with van der Waals surface area (Å²) in [6, 6.07) is 3.65. The molecular formula is C9H15NO3. The maximum absolute atomic E-state index is 9.26. The van der Waals surface area contributed by atoms with E-state index in [0.29, 0.717) is 19.8 Å². The lowest BCUT2D eigenvalue weighted by Crippen LogP contribution is -2.27. The molecule has 4 nitrogen and oxygen atoms in total. The fourth-order valence-corrected chi connectivity index (χ4v) is 0.985. The second kappa shape index (κ2) is 5.75. The van der Waals surface area contributed by atoms with Gasteiger partial charge < -0.3 is 19.6 Å². The highest BCUT2D eigenvalue weighted by Gasteiger charge is 2.02. The van der Waals surface area contributed by atoms with Gasteiger partial charge in [0.1, 0.15) is 12.4 Å². The lowest BCUT2D eigenvalue weighted by atomic mass is 10.4. The van der Waals surface area contributed by atoms with Crippen LogP contribution in [0.2, 0.25) is 0 Å². The Bertz CT molecular complexity index is 211. The minimum absolute atomic E-state index is 0.321. The number of aliphatic hydroxyl groups is 1. The molecule has 1 aromatic heterocycles. The van der Waals surface area contributed by atoms with Crippen LogP contribution in [0.1, 0.15) is 5.76 Å². The minimum Gasteiger partial charge on any atom is -0.467 e. The summed E-state index contributed by atoms with van der Waals surface area (Å²) < 4.78 is 10.3. The van der Waals surface area contributed by atoms with Crippen LogP contribution >= 0.6 is 0 Å². The Morgan fingerprint density at radius 2 is 2.54 bits per heavy atom. The average Bonchev–Trinajstić information content (AvgIpc) is 2.57. The summed E-state index contributed by atoms with van der Waals surface area (Å²) >= 11 is 0. The lowest BCUT2D eigenvalue weighted by molar-refractivity contribution is 0.0235. The van der Waals surface area contributed by atoms with Crippen LogP contribution in [0.4, 0.5) is 0 Å². The van der Waals surface area contributed by atoms with Gasteiger partial charge in [-0.15, -0.1) is 0 Å². The molecule has 4 heteroatoms. The van der Waals surface area contributed by atoms with Crippen molar-refractivity contribution in [3.8, 4) is 0 Å². The van der Waals surface area contributed by atoms with Crippen LogP contribution < -0.4 is 5.32 Å². The Kier molecular flexibility index (Phi) is 4.53. The maximum Gasteiger partial charge on any atom is 0.129 e. The summed E-state index contributed by atoms with van der Waals surface area (Å²) in [6.45, 7) is 1.27. The molecule has 0 aliphatic rings. The monoisotopic (exact) mass is 185 g/mol. The zero-order valence-electron chi connectivity index (χ0n) is 7.69. The first-order valence-corrected chi connectivity index (χ1v) is 4.25. The van der Waals surface area contributed by atoms with Crippen LogP contribution in [0.15, 0.2) is 22.8 Å². The fraction of sp³-hybridized carbons (Fsp3) is 0.556. The highest BCUT2D eigenvalue weighted by molar-refractivity contribution is 4.95. The van der Waals surface area contributed by atoms with E-state index in [9.17, 15) is 5.11 Å². The van der Waals surface area contributed by atoms with Gasteiger partial charge in [0.05, 0.1) is 19.0 Å². The molecular weight excluding hydrogens is 170 g/mol. The molecule has 1 rings (SSSR count). The first-order valence-electron chi connectivity index (χ1n) is 4.25. The topological polar surface area (TPSA) is 54.6 Å².